The lowest BCUT2D eigenvalue weighted by molar-refractivity contribution is 0.0914. The van der Waals surface area contributed by atoms with Crippen LogP contribution in [0, 0.1) is 13.8 Å². The van der Waals surface area contributed by atoms with Crippen LogP contribution in [0.4, 0.5) is 0 Å². The lowest BCUT2D eigenvalue weighted by atomic mass is 10.1. The number of nitrogens with one attached hydrogen (secondary N) is 2. The first kappa shape index (κ1) is 21.0. The van der Waals surface area contributed by atoms with Gasteiger partial charge in [-0.3, -0.25) is 4.79 Å². The third kappa shape index (κ3) is 5.83. The normalized spacial score (nSPS) is 12.0. The first-order valence-electron chi connectivity index (χ1n) is 8.61. The zero-order valence-electron chi connectivity index (χ0n) is 16.3. The molecule has 148 valence electrons. The van der Waals surface area contributed by atoms with Crippen LogP contribution < -0.4 is 14.8 Å². The highest BCUT2D eigenvalue weighted by atomic mass is 32.2. The number of furan rings is 1. The predicted molar refractivity (Wildman–Crippen MR) is 103 cm³/mol. The first-order chi connectivity index (χ1) is 12.5. The van der Waals surface area contributed by atoms with Crippen LogP contribution in [-0.2, 0) is 10.0 Å². The zero-order chi connectivity index (χ0) is 20.2. The number of sulfonamides is 1. The SMILES string of the molecule is Cc1cccc(C)c1OCCNC(=O)c1ccc(S(=O)(=O)NC(C)(C)C)o1. The van der Waals surface area contributed by atoms with Crippen LogP contribution in [0.1, 0.15) is 42.5 Å². The molecule has 1 heterocycles. The second-order valence-electron chi connectivity index (χ2n) is 7.30. The van der Waals surface area contributed by atoms with Crippen molar-refractivity contribution in [1.82, 2.24) is 10.0 Å². The molecule has 0 aliphatic heterocycles. The van der Waals surface area contributed by atoms with E-state index in [9.17, 15) is 13.2 Å². The number of rotatable bonds is 7. The number of hydrogen-bond donors (Lipinski definition) is 2. The number of benzene rings is 1. The maximum absolute atomic E-state index is 12.2. The molecule has 8 heteroatoms. The Hall–Kier alpha value is -2.32. The van der Waals surface area contributed by atoms with E-state index in [4.69, 9.17) is 9.15 Å². The van der Waals surface area contributed by atoms with Gasteiger partial charge in [-0.05, 0) is 57.9 Å². The molecule has 1 amide bonds. The van der Waals surface area contributed by atoms with Crippen LogP contribution in [0.5, 0.6) is 5.75 Å². The van der Waals surface area contributed by atoms with E-state index in [0.29, 0.717) is 0 Å². The predicted octanol–water partition coefficient (Wildman–Crippen LogP) is 2.78. The van der Waals surface area contributed by atoms with Crippen LogP contribution >= 0.6 is 0 Å². The lowest BCUT2D eigenvalue weighted by Crippen LogP contribution is -2.40. The summed E-state index contributed by atoms with van der Waals surface area (Å²) < 4.78 is 37.8. The Morgan fingerprint density at radius 3 is 2.33 bits per heavy atom. The number of aryl methyl sites for hydroxylation is 2. The summed E-state index contributed by atoms with van der Waals surface area (Å²) in [5.41, 5.74) is 1.39. The summed E-state index contributed by atoms with van der Waals surface area (Å²) in [7, 11) is -3.82. The van der Waals surface area contributed by atoms with E-state index < -0.39 is 21.5 Å². The summed E-state index contributed by atoms with van der Waals surface area (Å²) in [5.74, 6) is 0.222. The molecule has 1 aromatic heterocycles. The Morgan fingerprint density at radius 1 is 1.11 bits per heavy atom. The fourth-order valence-electron chi connectivity index (χ4n) is 2.47. The molecular weight excluding hydrogens is 368 g/mol. The Labute approximate surface area is 160 Å². The highest BCUT2D eigenvalue weighted by molar-refractivity contribution is 7.89. The first-order valence-corrected chi connectivity index (χ1v) is 10.1. The second-order valence-corrected chi connectivity index (χ2v) is 8.91. The number of para-hydroxylation sites is 1. The molecule has 0 fully saturated rings. The average molecular weight is 394 g/mol. The summed E-state index contributed by atoms with van der Waals surface area (Å²) in [4.78, 5) is 12.1. The van der Waals surface area contributed by atoms with Crippen molar-refractivity contribution < 1.29 is 22.4 Å². The van der Waals surface area contributed by atoms with Crippen molar-refractivity contribution in [1.29, 1.82) is 0 Å². The van der Waals surface area contributed by atoms with E-state index in [1.54, 1.807) is 20.8 Å². The van der Waals surface area contributed by atoms with E-state index in [2.05, 4.69) is 10.0 Å². The molecule has 0 radical (unpaired) electrons. The summed E-state index contributed by atoms with van der Waals surface area (Å²) >= 11 is 0. The Bertz CT molecular complexity index is 890. The van der Waals surface area contributed by atoms with E-state index >= 15 is 0 Å². The molecule has 0 spiro atoms. The van der Waals surface area contributed by atoms with Gasteiger partial charge in [0.2, 0.25) is 5.09 Å². The minimum Gasteiger partial charge on any atom is -0.491 e. The molecule has 1 aromatic carbocycles. The number of amides is 1. The molecule has 2 rings (SSSR count). The Balaban J connectivity index is 1.91. The quantitative estimate of drug-likeness (QED) is 0.704. The van der Waals surface area contributed by atoms with Gasteiger partial charge in [-0.2, -0.15) is 0 Å². The van der Waals surface area contributed by atoms with E-state index in [0.717, 1.165) is 16.9 Å². The number of carbonyl (C=O) groups is 1. The molecule has 2 N–H and O–H groups in total. The number of hydrogen-bond acceptors (Lipinski definition) is 5. The van der Waals surface area contributed by atoms with Crippen LogP contribution in [0.3, 0.4) is 0 Å². The van der Waals surface area contributed by atoms with Crippen LogP contribution in [0.2, 0.25) is 0 Å². The van der Waals surface area contributed by atoms with Crippen LogP contribution in [0.25, 0.3) is 0 Å². The van der Waals surface area contributed by atoms with Crippen LogP contribution in [-0.4, -0.2) is 33.0 Å². The third-order valence-corrected chi connectivity index (χ3v) is 5.18. The maximum Gasteiger partial charge on any atom is 0.287 e. The summed E-state index contributed by atoms with van der Waals surface area (Å²) in [6, 6.07) is 8.46. The van der Waals surface area contributed by atoms with E-state index in [1.807, 2.05) is 32.0 Å². The maximum atomic E-state index is 12.2. The summed E-state index contributed by atoms with van der Waals surface area (Å²) in [6.07, 6.45) is 0. The molecule has 2 aromatic rings. The van der Waals surface area contributed by atoms with Gasteiger partial charge in [0.05, 0.1) is 6.54 Å². The zero-order valence-corrected chi connectivity index (χ0v) is 17.1. The smallest absolute Gasteiger partial charge is 0.287 e. The van der Waals surface area contributed by atoms with Gasteiger partial charge >= 0.3 is 0 Å². The Morgan fingerprint density at radius 2 is 1.74 bits per heavy atom. The topological polar surface area (TPSA) is 97.6 Å². The average Bonchev–Trinajstić information content (AvgIpc) is 3.02. The van der Waals surface area contributed by atoms with Crippen molar-refractivity contribution >= 4 is 15.9 Å². The molecule has 27 heavy (non-hydrogen) atoms. The van der Waals surface area contributed by atoms with Crippen molar-refractivity contribution in [3.63, 3.8) is 0 Å². The largest absolute Gasteiger partial charge is 0.491 e. The monoisotopic (exact) mass is 394 g/mol. The van der Waals surface area contributed by atoms with Gasteiger partial charge in [0, 0.05) is 5.54 Å². The second kappa shape index (κ2) is 8.14. The van der Waals surface area contributed by atoms with Gasteiger partial charge in [-0.25, -0.2) is 13.1 Å². The molecule has 0 bridgehead atoms. The fraction of sp³-hybridized carbons (Fsp3) is 0.421. The van der Waals surface area contributed by atoms with Gasteiger partial charge < -0.3 is 14.5 Å². The van der Waals surface area contributed by atoms with Crippen molar-refractivity contribution in [3.05, 3.63) is 47.2 Å². The summed E-state index contributed by atoms with van der Waals surface area (Å²) in [5, 5.41) is 2.35. The Kier molecular flexibility index (Phi) is 6.33. The van der Waals surface area contributed by atoms with Crippen LogP contribution in [0.15, 0.2) is 39.8 Å². The highest BCUT2D eigenvalue weighted by Crippen LogP contribution is 2.22. The van der Waals surface area contributed by atoms with Crippen molar-refractivity contribution in [2.45, 2.75) is 45.2 Å². The van der Waals surface area contributed by atoms with Crippen molar-refractivity contribution in [2.75, 3.05) is 13.2 Å². The van der Waals surface area contributed by atoms with Gasteiger partial charge in [-0.1, -0.05) is 18.2 Å². The molecular formula is C19H26N2O5S. The third-order valence-electron chi connectivity index (χ3n) is 3.55. The minimum atomic E-state index is -3.82. The van der Waals surface area contributed by atoms with Gasteiger partial charge in [0.1, 0.15) is 12.4 Å². The lowest BCUT2D eigenvalue weighted by Gasteiger charge is -2.18. The highest BCUT2D eigenvalue weighted by Gasteiger charge is 2.26. The van der Waals surface area contributed by atoms with Crippen molar-refractivity contribution in [3.8, 4) is 5.75 Å². The standard InChI is InChI=1S/C19H26N2O5S/c1-13-7-6-8-14(2)17(13)25-12-11-20-18(22)15-9-10-16(26-15)27(23,24)21-19(3,4)5/h6-10,21H,11-12H2,1-5H3,(H,20,22). The minimum absolute atomic E-state index is 0.0728. The van der Waals surface area contributed by atoms with Gasteiger partial charge in [-0.15, -0.1) is 0 Å². The van der Waals surface area contributed by atoms with Gasteiger partial charge in [0.25, 0.3) is 15.9 Å². The molecule has 0 saturated heterocycles. The van der Waals surface area contributed by atoms with E-state index in [1.165, 1.54) is 12.1 Å². The van der Waals surface area contributed by atoms with E-state index in [-0.39, 0.29) is 24.0 Å². The molecule has 7 nitrogen and oxygen atoms in total. The van der Waals surface area contributed by atoms with Gasteiger partial charge in [0.15, 0.2) is 5.76 Å². The molecule has 0 saturated carbocycles. The molecule has 0 aliphatic rings. The number of carbonyl (C=O) groups excluding carboxylic acids is 1. The van der Waals surface area contributed by atoms with Crippen molar-refractivity contribution in [2.24, 2.45) is 0 Å². The molecule has 0 aliphatic carbocycles. The fourth-order valence-corrected chi connectivity index (χ4v) is 3.83. The summed E-state index contributed by atoms with van der Waals surface area (Å²) in [6.45, 7) is 9.62. The molecule has 0 atom stereocenters. The molecule has 0 unspecified atom stereocenters. The number of ether oxygens (including phenoxy) is 1.